The molecule has 0 aliphatic rings. The second-order valence-corrected chi connectivity index (χ2v) is 9.62. The van der Waals surface area contributed by atoms with Gasteiger partial charge in [-0.05, 0) is 43.0 Å². The van der Waals surface area contributed by atoms with Crippen molar-refractivity contribution >= 4 is 46.8 Å². The van der Waals surface area contributed by atoms with E-state index in [4.69, 9.17) is 23.2 Å². The van der Waals surface area contributed by atoms with Crippen molar-refractivity contribution in [3.8, 4) is 0 Å². The number of benzene rings is 2. The lowest BCUT2D eigenvalue weighted by Gasteiger charge is -2.30. The van der Waals surface area contributed by atoms with Crippen LogP contribution in [0.1, 0.15) is 49.8 Å². The van der Waals surface area contributed by atoms with Gasteiger partial charge < -0.3 is 10.2 Å². The van der Waals surface area contributed by atoms with Gasteiger partial charge in [-0.25, -0.2) is 0 Å². The number of carbonyl (C=O) groups is 2. The standard InChI is InChI=1S/C25H32Cl2N2O2S/c1-4-6-13-28-25(31)23(5-2)29(15-19-9-7-18(3)8-10-19)24(30)17-32-16-20-11-12-21(26)22(27)14-20/h7-12,14,23H,4-6,13,15-17H2,1-3H3,(H,28,31)/t23-/m1/s1. The van der Waals surface area contributed by atoms with Crippen LogP contribution in [-0.2, 0) is 21.9 Å². The molecule has 0 aliphatic heterocycles. The van der Waals surface area contributed by atoms with Gasteiger partial charge >= 0.3 is 0 Å². The molecule has 32 heavy (non-hydrogen) atoms. The van der Waals surface area contributed by atoms with Gasteiger partial charge in [-0.1, -0.05) is 79.4 Å². The lowest BCUT2D eigenvalue weighted by Crippen LogP contribution is -2.49. The Kier molecular flexibility index (Phi) is 11.4. The molecule has 0 radical (unpaired) electrons. The molecule has 0 heterocycles. The molecule has 0 aliphatic carbocycles. The monoisotopic (exact) mass is 494 g/mol. The SMILES string of the molecule is CCCCNC(=O)[C@@H](CC)N(Cc1ccc(C)cc1)C(=O)CSCc1ccc(Cl)c(Cl)c1. The van der Waals surface area contributed by atoms with E-state index in [0.717, 1.165) is 29.5 Å². The van der Waals surface area contributed by atoms with Crippen molar-refractivity contribution in [2.75, 3.05) is 12.3 Å². The fourth-order valence-electron chi connectivity index (χ4n) is 3.28. The molecule has 0 fully saturated rings. The summed E-state index contributed by atoms with van der Waals surface area (Å²) in [7, 11) is 0. The van der Waals surface area contributed by atoms with Crippen LogP contribution in [0.2, 0.25) is 10.0 Å². The summed E-state index contributed by atoms with van der Waals surface area (Å²) in [4.78, 5) is 27.8. The molecule has 1 N–H and O–H groups in total. The third-order valence-electron chi connectivity index (χ3n) is 5.17. The van der Waals surface area contributed by atoms with Crippen molar-refractivity contribution in [1.82, 2.24) is 10.2 Å². The first-order chi connectivity index (χ1) is 15.3. The fraction of sp³-hybridized carbons (Fsp3) is 0.440. The van der Waals surface area contributed by atoms with E-state index in [0.29, 0.717) is 35.3 Å². The summed E-state index contributed by atoms with van der Waals surface area (Å²) < 4.78 is 0. The predicted molar refractivity (Wildman–Crippen MR) is 136 cm³/mol. The van der Waals surface area contributed by atoms with Gasteiger partial charge in [0.2, 0.25) is 11.8 Å². The number of nitrogens with zero attached hydrogens (tertiary/aromatic N) is 1. The van der Waals surface area contributed by atoms with Gasteiger partial charge in [-0.2, -0.15) is 0 Å². The summed E-state index contributed by atoms with van der Waals surface area (Å²) in [6.07, 6.45) is 2.50. The van der Waals surface area contributed by atoms with Crippen LogP contribution in [0, 0.1) is 6.92 Å². The second kappa shape index (κ2) is 13.8. The molecule has 0 bridgehead atoms. The molecular weight excluding hydrogens is 463 g/mol. The molecule has 0 spiro atoms. The number of carbonyl (C=O) groups excluding carboxylic acids is 2. The third kappa shape index (κ3) is 8.34. The van der Waals surface area contributed by atoms with Crippen molar-refractivity contribution in [2.24, 2.45) is 0 Å². The summed E-state index contributed by atoms with van der Waals surface area (Å²) in [5, 5.41) is 4.01. The molecule has 2 rings (SSSR count). The van der Waals surface area contributed by atoms with Crippen molar-refractivity contribution in [1.29, 1.82) is 0 Å². The average Bonchev–Trinajstić information content (AvgIpc) is 2.77. The Morgan fingerprint density at radius 1 is 1.03 bits per heavy atom. The van der Waals surface area contributed by atoms with Crippen molar-refractivity contribution < 1.29 is 9.59 Å². The summed E-state index contributed by atoms with van der Waals surface area (Å²) in [6.45, 7) is 7.10. The fourth-order valence-corrected chi connectivity index (χ4v) is 4.46. The van der Waals surface area contributed by atoms with Gasteiger partial charge in [0.05, 0.1) is 15.8 Å². The van der Waals surface area contributed by atoms with Crippen LogP contribution in [0.5, 0.6) is 0 Å². The quantitative estimate of drug-likeness (QED) is 0.354. The molecule has 2 aromatic carbocycles. The Bertz CT molecular complexity index is 890. The number of nitrogens with one attached hydrogen (secondary N) is 1. The molecule has 2 amide bonds. The lowest BCUT2D eigenvalue weighted by molar-refractivity contribution is -0.139. The normalized spacial score (nSPS) is 11.8. The zero-order valence-corrected chi connectivity index (χ0v) is 21.3. The zero-order valence-electron chi connectivity index (χ0n) is 19.0. The smallest absolute Gasteiger partial charge is 0.242 e. The Hall–Kier alpha value is -1.69. The number of hydrogen-bond acceptors (Lipinski definition) is 3. The lowest BCUT2D eigenvalue weighted by atomic mass is 10.1. The number of thioether (sulfide) groups is 1. The molecule has 0 aromatic heterocycles. The minimum absolute atomic E-state index is 0.0480. The molecule has 1 atom stereocenters. The van der Waals surface area contributed by atoms with E-state index < -0.39 is 6.04 Å². The van der Waals surface area contributed by atoms with Crippen LogP contribution in [0.15, 0.2) is 42.5 Å². The van der Waals surface area contributed by atoms with E-state index in [-0.39, 0.29) is 17.6 Å². The maximum Gasteiger partial charge on any atom is 0.242 e. The summed E-state index contributed by atoms with van der Waals surface area (Å²) in [6, 6.07) is 13.1. The number of hydrogen-bond donors (Lipinski definition) is 1. The topological polar surface area (TPSA) is 49.4 Å². The van der Waals surface area contributed by atoms with Gasteiger partial charge in [-0.3, -0.25) is 9.59 Å². The van der Waals surface area contributed by atoms with E-state index in [1.807, 2.05) is 50.2 Å². The molecule has 174 valence electrons. The van der Waals surface area contributed by atoms with E-state index in [2.05, 4.69) is 12.2 Å². The largest absolute Gasteiger partial charge is 0.354 e. The second-order valence-electron chi connectivity index (χ2n) is 7.82. The first-order valence-electron chi connectivity index (χ1n) is 11.0. The first-order valence-corrected chi connectivity index (χ1v) is 12.9. The third-order valence-corrected chi connectivity index (χ3v) is 6.89. The number of unbranched alkanes of at least 4 members (excludes halogenated alkanes) is 1. The summed E-state index contributed by atoms with van der Waals surface area (Å²) >= 11 is 13.6. The first kappa shape index (κ1) is 26.6. The Morgan fingerprint density at radius 3 is 2.34 bits per heavy atom. The predicted octanol–water partition coefficient (Wildman–Crippen LogP) is 6.26. The van der Waals surface area contributed by atoms with Crippen molar-refractivity contribution in [2.45, 2.75) is 58.4 Å². The molecule has 7 heteroatoms. The number of rotatable bonds is 12. The number of aryl methyl sites for hydroxylation is 1. The highest BCUT2D eigenvalue weighted by Gasteiger charge is 2.28. The highest BCUT2D eigenvalue weighted by Crippen LogP contribution is 2.25. The molecule has 0 unspecified atom stereocenters. The maximum atomic E-state index is 13.2. The van der Waals surface area contributed by atoms with Gasteiger partial charge in [0.15, 0.2) is 0 Å². The van der Waals surface area contributed by atoms with E-state index in [1.54, 1.807) is 11.0 Å². The Morgan fingerprint density at radius 2 is 1.72 bits per heavy atom. The van der Waals surface area contributed by atoms with Gasteiger partial charge in [-0.15, -0.1) is 11.8 Å². The zero-order chi connectivity index (χ0) is 23.5. The van der Waals surface area contributed by atoms with Gasteiger partial charge in [0.25, 0.3) is 0 Å². The van der Waals surface area contributed by atoms with Crippen molar-refractivity contribution in [3.05, 3.63) is 69.2 Å². The number of amides is 2. The van der Waals surface area contributed by atoms with Crippen LogP contribution in [0.25, 0.3) is 0 Å². The van der Waals surface area contributed by atoms with Crippen LogP contribution < -0.4 is 5.32 Å². The highest BCUT2D eigenvalue weighted by atomic mass is 35.5. The van der Waals surface area contributed by atoms with Crippen LogP contribution >= 0.6 is 35.0 Å². The minimum atomic E-state index is -0.494. The molecular formula is C25H32Cl2N2O2S. The van der Waals surface area contributed by atoms with E-state index >= 15 is 0 Å². The van der Waals surface area contributed by atoms with Gasteiger partial charge in [0, 0.05) is 18.8 Å². The minimum Gasteiger partial charge on any atom is -0.354 e. The average molecular weight is 496 g/mol. The summed E-state index contributed by atoms with van der Waals surface area (Å²) in [5.41, 5.74) is 3.18. The van der Waals surface area contributed by atoms with Crippen LogP contribution in [-0.4, -0.2) is 35.1 Å². The van der Waals surface area contributed by atoms with Crippen molar-refractivity contribution in [3.63, 3.8) is 0 Å². The Balaban J connectivity index is 2.10. The molecule has 0 saturated heterocycles. The number of halogens is 2. The van der Waals surface area contributed by atoms with Crippen LogP contribution in [0.3, 0.4) is 0 Å². The molecule has 0 saturated carbocycles. The molecule has 2 aromatic rings. The van der Waals surface area contributed by atoms with E-state index in [1.165, 1.54) is 11.8 Å². The van der Waals surface area contributed by atoms with E-state index in [9.17, 15) is 9.59 Å². The summed E-state index contributed by atoms with van der Waals surface area (Å²) in [5.74, 6) is 0.787. The van der Waals surface area contributed by atoms with Gasteiger partial charge in [0.1, 0.15) is 6.04 Å². The highest BCUT2D eigenvalue weighted by molar-refractivity contribution is 7.99. The van der Waals surface area contributed by atoms with Crippen LogP contribution in [0.4, 0.5) is 0 Å². The Labute approximate surface area is 206 Å². The maximum absolute atomic E-state index is 13.2. The molecule has 4 nitrogen and oxygen atoms in total.